The molecule has 0 amide bonds. The smallest absolute Gasteiger partial charge is 0.357 e. The average Bonchev–Trinajstić information content (AvgIpc) is 3.16. The van der Waals surface area contributed by atoms with E-state index in [0.29, 0.717) is 6.42 Å². The Morgan fingerprint density at radius 2 is 1.62 bits per heavy atom. The summed E-state index contributed by atoms with van der Waals surface area (Å²) in [6.07, 6.45) is 0.702. The number of aromatic amines is 1. The second-order valence-electron chi connectivity index (χ2n) is 5.58. The van der Waals surface area contributed by atoms with Crippen LogP contribution in [0.2, 0.25) is 0 Å². The molecule has 0 saturated heterocycles. The molecule has 0 unspecified atom stereocenters. The SMILES string of the molecule is O=C(O)c1nc(-c2cccc3c2Cc2ccccc2-3)[nH]c1C(=O)O. The lowest BCUT2D eigenvalue weighted by Crippen LogP contribution is -2.07. The van der Waals surface area contributed by atoms with Gasteiger partial charge in [-0.3, -0.25) is 0 Å². The molecule has 6 heteroatoms. The van der Waals surface area contributed by atoms with Crippen molar-refractivity contribution in [3.63, 3.8) is 0 Å². The van der Waals surface area contributed by atoms with E-state index in [1.807, 2.05) is 42.5 Å². The molecule has 0 radical (unpaired) electrons. The third-order valence-corrected chi connectivity index (χ3v) is 4.23. The Bertz CT molecular complexity index is 973. The number of imidazole rings is 1. The molecule has 0 aliphatic heterocycles. The molecule has 0 spiro atoms. The number of nitrogens with zero attached hydrogens (tertiary/aromatic N) is 1. The van der Waals surface area contributed by atoms with Crippen LogP contribution < -0.4 is 0 Å². The number of hydrogen-bond donors (Lipinski definition) is 3. The van der Waals surface area contributed by atoms with Gasteiger partial charge in [-0.25, -0.2) is 14.6 Å². The standard InChI is InChI=1S/C18H12N2O4/c21-17(22)14-15(18(23)24)20-16(19-14)12-7-3-6-11-10-5-2-1-4-9(10)8-13(11)12/h1-7H,8H2,(H,19,20)(H,21,22)(H,23,24). The van der Waals surface area contributed by atoms with E-state index in [-0.39, 0.29) is 5.82 Å². The van der Waals surface area contributed by atoms with Crippen molar-refractivity contribution in [3.05, 3.63) is 65.0 Å². The first-order valence-electron chi connectivity index (χ1n) is 7.33. The van der Waals surface area contributed by atoms with Gasteiger partial charge in [-0.05, 0) is 28.7 Å². The van der Waals surface area contributed by atoms with Crippen LogP contribution in [-0.2, 0) is 6.42 Å². The number of carboxylic acid groups (broad SMARTS) is 2. The zero-order valence-corrected chi connectivity index (χ0v) is 12.4. The largest absolute Gasteiger partial charge is 0.477 e. The van der Waals surface area contributed by atoms with Crippen molar-refractivity contribution < 1.29 is 19.8 Å². The molecule has 0 saturated carbocycles. The van der Waals surface area contributed by atoms with Crippen LogP contribution in [0.5, 0.6) is 0 Å². The summed E-state index contributed by atoms with van der Waals surface area (Å²) < 4.78 is 0. The number of aromatic nitrogens is 2. The molecule has 1 aliphatic carbocycles. The summed E-state index contributed by atoms with van der Waals surface area (Å²) in [5, 5.41) is 18.3. The van der Waals surface area contributed by atoms with Gasteiger partial charge >= 0.3 is 11.9 Å². The van der Waals surface area contributed by atoms with E-state index < -0.39 is 23.3 Å². The summed E-state index contributed by atoms with van der Waals surface area (Å²) in [5.41, 5.74) is 4.23. The van der Waals surface area contributed by atoms with E-state index in [1.54, 1.807) is 0 Å². The molecular formula is C18H12N2O4. The first-order chi connectivity index (χ1) is 11.6. The molecule has 1 aromatic heterocycles. The number of nitrogens with one attached hydrogen (secondary N) is 1. The third kappa shape index (κ3) is 2.00. The summed E-state index contributed by atoms with van der Waals surface area (Å²) in [6.45, 7) is 0. The molecule has 0 atom stereocenters. The Morgan fingerprint density at radius 1 is 0.917 bits per heavy atom. The second-order valence-corrected chi connectivity index (χ2v) is 5.58. The van der Waals surface area contributed by atoms with Crippen LogP contribution in [0, 0.1) is 0 Å². The first kappa shape index (κ1) is 14.2. The van der Waals surface area contributed by atoms with Gasteiger partial charge in [0.15, 0.2) is 11.4 Å². The van der Waals surface area contributed by atoms with Gasteiger partial charge < -0.3 is 15.2 Å². The summed E-state index contributed by atoms with van der Waals surface area (Å²) in [5.74, 6) is -2.46. The zero-order chi connectivity index (χ0) is 16.8. The topological polar surface area (TPSA) is 103 Å². The van der Waals surface area contributed by atoms with Crippen LogP contribution in [0.4, 0.5) is 0 Å². The van der Waals surface area contributed by atoms with Gasteiger partial charge in [0.2, 0.25) is 0 Å². The maximum Gasteiger partial charge on any atom is 0.357 e. The number of aromatic carboxylic acids is 2. The van der Waals surface area contributed by atoms with Crippen LogP contribution in [-0.4, -0.2) is 32.1 Å². The Kier molecular flexibility index (Phi) is 2.99. The van der Waals surface area contributed by atoms with Crippen molar-refractivity contribution in [2.45, 2.75) is 6.42 Å². The quantitative estimate of drug-likeness (QED) is 0.538. The van der Waals surface area contributed by atoms with Crippen molar-refractivity contribution in [1.82, 2.24) is 9.97 Å². The highest BCUT2D eigenvalue weighted by molar-refractivity contribution is 6.00. The third-order valence-electron chi connectivity index (χ3n) is 4.23. The second kappa shape index (κ2) is 5.06. The van der Waals surface area contributed by atoms with Crippen LogP contribution >= 0.6 is 0 Å². The minimum Gasteiger partial charge on any atom is -0.477 e. The maximum atomic E-state index is 11.2. The van der Waals surface area contributed by atoms with Crippen molar-refractivity contribution in [3.8, 4) is 22.5 Å². The predicted molar refractivity (Wildman–Crippen MR) is 86.2 cm³/mol. The van der Waals surface area contributed by atoms with E-state index in [9.17, 15) is 14.7 Å². The van der Waals surface area contributed by atoms with Crippen LogP contribution in [0.3, 0.4) is 0 Å². The molecule has 24 heavy (non-hydrogen) atoms. The Morgan fingerprint density at radius 3 is 2.33 bits per heavy atom. The van der Waals surface area contributed by atoms with Gasteiger partial charge in [0.1, 0.15) is 5.82 Å². The number of carboxylic acids is 2. The Hall–Kier alpha value is -3.41. The molecule has 6 nitrogen and oxygen atoms in total. The van der Waals surface area contributed by atoms with Gasteiger partial charge in [-0.15, -0.1) is 0 Å². The van der Waals surface area contributed by atoms with Gasteiger partial charge in [-0.1, -0.05) is 42.5 Å². The fraction of sp³-hybridized carbons (Fsp3) is 0.0556. The van der Waals surface area contributed by atoms with E-state index in [2.05, 4.69) is 9.97 Å². The number of benzene rings is 2. The summed E-state index contributed by atoms with van der Waals surface area (Å²) >= 11 is 0. The van der Waals surface area contributed by atoms with E-state index in [1.165, 1.54) is 5.56 Å². The van der Waals surface area contributed by atoms with Crippen molar-refractivity contribution in [1.29, 1.82) is 0 Å². The Balaban J connectivity index is 1.90. The van der Waals surface area contributed by atoms with E-state index in [0.717, 1.165) is 22.3 Å². The highest BCUT2D eigenvalue weighted by Crippen LogP contribution is 2.40. The zero-order valence-electron chi connectivity index (χ0n) is 12.4. The summed E-state index contributed by atoms with van der Waals surface area (Å²) in [6, 6.07) is 13.7. The highest BCUT2D eigenvalue weighted by atomic mass is 16.4. The van der Waals surface area contributed by atoms with Crippen LogP contribution in [0.15, 0.2) is 42.5 Å². The monoisotopic (exact) mass is 320 g/mol. The lowest BCUT2D eigenvalue weighted by Gasteiger charge is -2.05. The highest BCUT2D eigenvalue weighted by Gasteiger charge is 2.26. The van der Waals surface area contributed by atoms with Crippen molar-refractivity contribution in [2.75, 3.05) is 0 Å². The number of H-pyrrole nitrogens is 1. The summed E-state index contributed by atoms with van der Waals surface area (Å²) in [4.78, 5) is 29.1. The molecular weight excluding hydrogens is 308 g/mol. The molecule has 3 aromatic rings. The molecule has 1 heterocycles. The predicted octanol–water partition coefficient (Wildman–Crippen LogP) is 3.04. The molecule has 4 rings (SSSR count). The number of rotatable bonds is 3. The molecule has 118 valence electrons. The maximum absolute atomic E-state index is 11.2. The summed E-state index contributed by atoms with van der Waals surface area (Å²) in [7, 11) is 0. The van der Waals surface area contributed by atoms with E-state index >= 15 is 0 Å². The fourth-order valence-corrected chi connectivity index (χ4v) is 3.19. The molecule has 3 N–H and O–H groups in total. The average molecular weight is 320 g/mol. The van der Waals surface area contributed by atoms with Crippen molar-refractivity contribution >= 4 is 11.9 Å². The van der Waals surface area contributed by atoms with Crippen LogP contribution in [0.1, 0.15) is 32.1 Å². The van der Waals surface area contributed by atoms with E-state index in [4.69, 9.17) is 5.11 Å². The van der Waals surface area contributed by atoms with Crippen LogP contribution in [0.25, 0.3) is 22.5 Å². The number of carbonyl (C=O) groups is 2. The molecule has 1 aliphatic rings. The number of fused-ring (bicyclic) bond motifs is 3. The lowest BCUT2D eigenvalue weighted by molar-refractivity contribution is 0.0644. The molecule has 2 aromatic carbocycles. The minimum absolute atomic E-state index is 0.259. The fourth-order valence-electron chi connectivity index (χ4n) is 3.19. The first-order valence-corrected chi connectivity index (χ1v) is 7.33. The van der Waals surface area contributed by atoms with Gasteiger partial charge in [0, 0.05) is 5.56 Å². The Labute approximate surface area is 136 Å². The lowest BCUT2D eigenvalue weighted by atomic mass is 10.0. The van der Waals surface area contributed by atoms with Gasteiger partial charge in [-0.2, -0.15) is 0 Å². The molecule has 0 bridgehead atoms. The molecule has 0 fully saturated rings. The number of hydrogen-bond acceptors (Lipinski definition) is 3. The normalized spacial score (nSPS) is 11.8. The van der Waals surface area contributed by atoms with Gasteiger partial charge in [0.25, 0.3) is 0 Å². The van der Waals surface area contributed by atoms with Crippen molar-refractivity contribution in [2.24, 2.45) is 0 Å². The van der Waals surface area contributed by atoms with Gasteiger partial charge in [0.05, 0.1) is 0 Å². The minimum atomic E-state index is -1.37.